The number of nitrogens with one attached hydrogen (secondary N) is 1. The van der Waals surface area contributed by atoms with Gasteiger partial charge in [0.05, 0.1) is 18.5 Å². The molecule has 1 atom stereocenters. The summed E-state index contributed by atoms with van der Waals surface area (Å²) in [5.41, 5.74) is -0.0429. The Labute approximate surface area is 124 Å². The number of hydrogen-bond donors (Lipinski definition) is 2. The van der Waals surface area contributed by atoms with E-state index in [-0.39, 0.29) is 5.69 Å². The molecule has 1 aliphatic carbocycles. The SMILES string of the molecule is CCOC(CCNc1cnc(C(=O)O)cn1)C1CCCC1. The first kappa shape index (κ1) is 15.7. The Morgan fingerprint density at radius 3 is 2.76 bits per heavy atom. The van der Waals surface area contributed by atoms with Gasteiger partial charge in [0.2, 0.25) is 0 Å². The second-order valence-electron chi connectivity index (χ2n) is 5.35. The summed E-state index contributed by atoms with van der Waals surface area (Å²) in [5, 5.41) is 11.9. The highest BCUT2D eigenvalue weighted by Gasteiger charge is 2.24. The fourth-order valence-corrected chi connectivity index (χ4v) is 2.87. The molecule has 1 unspecified atom stereocenters. The number of anilines is 1. The Kier molecular flexibility index (Phi) is 5.92. The number of aromatic nitrogens is 2. The molecule has 0 aromatic carbocycles. The van der Waals surface area contributed by atoms with Crippen LogP contribution in [0.25, 0.3) is 0 Å². The highest BCUT2D eigenvalue weighted by Crippen LogP contribution is 2.30. The molecule has 1 fully saturated rings. The van der Waals surface area contributed by atoms with Crippen LogP contribution in [-0.2, 0) is 4.74 Å². The van der Waals surface area contributed by atoms with Crippen molar-refractivity contribution < 1.29 is 14.6 Å². The largest absolute Gasteiger partial charge is 0.476 e. The van der Waals surface area contributed by atoms with Crippen LogP contribution in [0.3, 0.4) is 0 Å². The van der Waals surface area contributed by atoms with Crippen LogP contribution in [-0.4, -0.2) is 40.3 Å². The van der Waals surface area contributed by atoms with Crippen molar-refractivity contribution in [3.05, 3.63) is 18.1 Å². The summed E-state index contributed by atoms with van der Waals surface area (Å²) in [5.74, 6) is 0.209. The van der Waals surface area contributed by atoms with Crippen molar-refractivity contribution in [3.8, 4) is 0 Å². The number of aromatic carboxylic acids is 1. The first-order valence-corrected chi connectivity index (χ1v) is 7.61. The van der Waals surface area contributed by atoms with Gasteiger partial charge in [-0.05, 0) is 32.1 Å². The lowest BCUT2D eigenvalue weighted by Gasteiger charge is -2.23. The van der Waals surface area contributed by atoms with Gasteiger partial charge in [0, 0.05) is 13.2 Å². The zero-order valence-electron chi connectivity index (χ0n) is 12.4. The van der Waals surface area contributed by atoms with Gasteiger partial charge in [0.1, 0.15) is 5.82 Å². The second-order valence-corrected chi connectivity index (χ2v) is 5.35. The summed E-state index contributed by atoms with van der Waals surface area (Å²) in [4.78, 5) is 18.6. The molecular formula is C15H23N3O3. The zero-order valence-corrected chi connectivity index (χ0v) is 12.4. The Morgan fingerprint density at radius 2 is 2.19 bits per heavy atom. The van der Waals surface area contributed by atoms with E-state index in [1.54, 1.807) is 0 Å². The lowest BCUT2D eigenvalue weighted by atomic mass is 9.98. The average Bonchev–Trinajstić information content (AvgIpc) is 3.01. The van der Waals surface area contributed by atoms with E-state index >= 15 is 0 Å². The van der Waals surface area contributed by atoms with E-state index in [1.807, 2.05) is 6.92 Å². The lowest BCUT2D eigenvalue weighted by Crippen LogP contribution is -2.25. The van der Waals surface area contributed by atoms with Gasteiger partial charge in [-0.25, -0.2) is 14.8 Å². The molecule has 0 saturated heterocycles. The molecule has 6 heteroatoms. The smallest absolute Gasteiger partial charge is 0.356 e. The van der Waals surface area contributed by atoms with Crippen molar-refractivity contribution in [2.75, 3.05) is 18.5 Å². The first-order chi connectivity index (χ1) is 10.2. The molecule has 0 aliphatic heterocycles. The maximum Gasteiger partial charge on any atom is 0.356 e. The number of nitrogens with zero attached hydrogens (tertiary/aromatic N) is 2. The molecule has 0 amide bonds. The van der Waals surface area contributed by atoms with Crippen LogP contribution in [0.1, 0.15) is 49.5 Å². The molecule has 6 nitrogen and oxygen atoms in total. The molecule has 1 aromatic heterocycles. The molecule has 1 aromatic rings. The number of rotatable bonds is 8. The molecule has 2 N–H and O–H groups in total. The Bertz CT molecular complexity index is 444. The van der Waals surface area contributed by atoms with E-state index in [0.29, 0.717) is 17.8 Å². The van der Waals surface area contributed by atoms with Gasteiger partial charge in [0.15, 0.2) is 5.69 Å². The van der Waals surface area contributed by atoms with Crippen molar-refractivity contribution >= 4 is 11.8 Å². The van der Waals surface area contributed by atoms with Gasteiger partial charge in [-0.15, -0.1) is 0 Å². The fourth-order valence-electron chi connectivity index (χ4n) is 2.87. The fraction of sp³-hybridized carbons (Fsp3) is 0.667. The number of ether oxygens (including phenoxy) is 1. The summed E-state index contributed by atoms with van der Waals surface area (Å²) in [6, 6.07) is 0. The molecule has 2 rings (SSSR count). The van der Waals surface area contributed by atoms with E-state index in [0.717, 1.165) is 19.6 Å². The van der Waals surface area contributed by atoms with Gasteiger partial charge < -0.3 is 15.2 Å². The summed E-state index contributed by atoms with van der Waals surface area (Å²) in [6.45, 7) is 3.53. The highest BCUT2D eigenvalue weighted by atomic mass is 16.5. The van der Waals surface area contributed by atoms with Crippen molar-refractivity contribution in [2.24, 2.45) is 5.92 Å². The van der Waals surface area contributed by atoms with Crippen LogP contribution in [0.4, 0.5) is 5.82 Å². The molecule has 116 valence electrons. The minimum atomic E-state index is -1.06. The predicted octanol–water partition coefficient (Wildman–Crippen LogP) is 2.57. The van der Waals surface area contributed by atoms with Crippen molar-refractivity contribution in [1.82, 2.24) is 9.97 Å². The number of carbonyl (C=O) groups is 1. The molecule has 0 bridgehead atoms. The van der Waals surface area contributed by atoms with Gasteiger partial charge in [-0.1, -0.05) is 12.8 Å². The van der Waals surface area contributed by atoms with E-state index in [9.17, 15) is 4.79 Å². The molecule has 0 spiro atoms. The third kappa shape index (κ3) is 4.67. The van der Waals surface area contributed by atoms with Crippen molar-refractivity contribution in [1.29, 1.82) is 0 Å². The Hall–Kier alpha value is -1.69. The molecule has 21 heavy (non-hydrogen) atoms. The maximum atomic E-state index is 10.7. The minimum absolute atomic E-state index is 0.0429. The van der Waals surface area contributed by atoms with E-state index in [4.69, 9.17) is 9.84 Å². The Balaban J connectivity index is 1.79. The Morgan fingerprint density at radius 1 is 1.43 bits per heavy atom. The topological polar surface area (TPSA) is 84.3 Å². The van der Waals surface area contributed by atoms with Crippen LogP contribution in [0.5, 0.6) is 0 Å². The summed E-state index contributed by atoms with van der Waals surface area (Å²) in [7, 11) is 0. The number of carboxylic acid groups (broad SMARTS) is 1. The summed E-state index contributed by atoms with van der Waals surface area (Å²) in [6.07, 6.45) is 9.09. The van der Waals surface area contributed by atoms with Gasteiger partial charge in [0.25, 0.3) is 0 Å². The van der Waals surface area contributed by atoms with Gasteiger partial charge >= 0.3 is 5.97 Å². The van der Waals surface area contributed by atoms with Crippen LogP contribution in [0, 0.1) is 5.92 Å². The van der Waals surface area contributed by atoms with E-state index in [1.165, 1.54) is 38.1 Å². The van der Waals surface area contributed by atoms with Crippen LogP contribution in [0.2, 0.25) is 0 Å². The van der Waals surface area contributed by atoms with Crippen LogP contribution in [0.15, 0.2) is 12.4 Å². The predicted molar refractivity (Wildman–Crippen MR) is 79.5 cm³/mol. The van der Waals surface area contributed by atoms with E-state index in [2.05, 4.69) is 15.3 Å². The maximum absolute atomic E-state index is 10.7. The van der Waals surface area contributed by atoms with Crippen LogP contribution < -0.4 is 5.32 Å². The number of carboxylic acids is 1. The van der Waals surface area contributed by atoms with Crippen LogP contribution >= 0.6 is 0 Å². The van der Waals surface area contributed by atoms with Crippen molar-refractivity contribution in [2.45, 2.75) is 45.1 Å². The lowest BCUT2D eigenvalue weighted by molar-refractivity contribution is 0.0183. The molecular weight excluding hydrogens is 270 g/mol. The van der Waals surface area contributed by atoms with Gasteiger partial charge in [-0.2, -0.15) is 0 Å². The third-order valence-corrected chi connectivity index (χ3v) is 3.91. The average molecular weight is 293 g/mol. The minimum Gasteiger partial charge on any atom is -0.476 e. The normalized spacial score (nSPS) is 16.8. The standard InChI is InChI=1S/C15H23N3O3/c1-2-21-13(11-5-3-4-6-11)7-8-16-14-10-17-12(9-18-14)15(19)20/h9-11,13H,2-8H2,1H3,(H,16,18)(H,19,20). The summed E-state index contributed by atoms with van der Waals surface area (Å²) < 4.78 is 5.86. The highest BCUT2D eigenvalue weighted by molar-refractivity contribution is 5.84. The van der Waals surface area contributed by atoms with Gasteiger partial charge in [-0.3, -0.25) is 0 Å². The third-order valence-electron chi connectivity index (χ3n) is 3.91. The van der Waals surface area contributed by atoms with Crippen molar-refractivity contribution in [3.63, 3.8) is 0 Å². The zero-order chi connectivity index (χ0) is 15.1. The quantitative estimate of drug-likeness (QED) is 0.766. The molecule has 1 heterocycles. The molecule has 0 radical (unpaired) electrons. The molecule has 1 saturated carbocycles. The number of hydrogen-bond acceptors (Lipinski definition) is 5. The monoisotopic (exact) mass is 293 g/mol. The first-order valence-electron chi connectivity index (χ1n) is 7.61. The second kappa shape index (κ2) is 7.93. The molecule has 1 aliphatic rings. The summed E-state index contributed by atoms with van der Waals surface area (Å²) >= 11 is 0. The van der Waals surface area contributed by atoms with E-state index < -0.39 is 5.97 Å².